The van der Waals surface area contributed by atoms with Crippen molar-refractivity contribution in [2.75, 3.05) is 19.8 Å². The molecule has 2 aromatic carbocycles. The minimum absolute atomic E-state index is 0.224. The van der Waals surface area contributed by atoms with Gasteiger partial charge in [-0.25, -0.2) is 0 Å². The van der Waals surface area contributed by atoms with Crippen molar-refractivity contribution < 1.29 is 19.1 Å². The van der Waals surface area contributed by atoms with Crippen molar-refractivity contribution in [2.24, 2.45) is 0 Å². The maximum atomic E-state index is 12.8. The van der Waals surface area contributed by atoms with E-state index >= 15 is 0 Å². The van der Waals surface area contributed by atoms with Gasteiger partial charge in [-0.05, 0) is 62.2 Å². The van der Waals surface area contributed by atoms with Crippen LogP contribution in [0.15, 0.2) is 53.4 Å². The number of rotatable bonds is 9. The summed E-state index contributed by atoms with van der Waals surface area (Å²) >= 11 is 0.976. The van der Waals surface area contributed by atoms with Gasteiger partial charge in [0.25, 0.3) is 11.1 Å². The van der Waals surface area contributed by atoms with Crippen LogP contribution < -0.4 is 9.47 Å². The molecule has 1 aliphatic heterocycles. The first-order valence-electron chi connectivity index (χ1n) is 9.81. The smallest absolute Gasteiger partial charge is 0.293 e. The Morgan fingerprint density at radius 2 is 1.76 bits per heavy atom. The molecule has 6 heteroatoms. The lowest BCUT2D eigenvalue weighted by atomic mass is 10.1. The van der Waals surface area contributed by atoms with E-state index in [9.17, 15) is 9.59 Å². The van der Waals surface area contributed by atoms with Gasteiger partial charge in [0.15, 0.2) is 0 Å². The molecule has 1 heterocycles. The third-order valence-corrected chi connectivity index (χ3v) is 5.35. The van der Waals surface area contributed by atoms with E-state index in [1.165, 1.54) is 10.5 Å². The number of imide groups is 1. The third-order valence-electron chi connectivity index (χ3n) is 4.45. The standard InChI is InChI=1S/C23H25NO4S/c1-3-27-19-13-12-18(20(16-19)28-4-2)15-21-22(25)24(23(26)29-21)14-8-11-17-9-6-5-7-10-17/h5-7,9-10,12-13,15-16H,3-4,8,11,14H2,1-2H3/b21-15+. The van der Waals surface area contributed by atoms with Crippen LogP contribution in [0.3, 0.4) is 0 Å². The molecule has 2 amide bonds. The highest BCUT2D eigenvalue weighted by Crippen LogP contribution is 2.35. The van der Waals surface area contributed by atoms with Crippen LogP contribution in [0.1, 0.15) is 31.4 Å². The lowest BCUT2D eigenvalue weighted by molar-refractivity contribution is -0.122. The summed E-state index contributed by atoms with van der Waals surface area (Å²) in [6.45, 7) is 5.29. The average molecular weight is 412 g/mol. The quantitative estimate of drug-likeness (QED) is 0.534. The number of aryl methyl sites for hydroxylation is 1. The molecule has 29 heavy (non-hydrogen) atoms. The first-order valence-corrected chi connectivity index (χ1v) is 10.6. The number of benzene rings is 2. The Labute approximate surface area is 175 Å². The summed E-state index contributed by atoms with van der Waals surface area (Å²) < 4.78 is 11.2. The number of carbonyl (C=O) groups excluding carboxylic acids is 2. The van der Waals surface area contributed by atoms with Gasteiger partial charge in [-0.3, -0.25) is 14.5 Å². The number of nitrogens with zero attached hydrogens (tertiary/aromatic N) is 1. The van der Waals surface area contributed by atoms with Crippen LogP contribution in [0.25, 0.3) is 6.08 Å². The van der Waals surface area contributed by atoms with Crippen LogP contribution in [0.5, 0.6) is 11.5 Å². The van der Waals surface area contributed by atoms with E-state index in [1.54, 1.807) is 6.08 Å². The van der Waals surface area contributed by atoms with E-state index in [1.807, 2.05) is 50.2 Å². The molecule has 0 atom stereocenters. The molecule has 5 nitrogen and oxygen atoms in total. The second-order valence-corrected chi connectivity index (χ2v) is 7.48. The maximum Gasteiger partial charge on any atom is 0.293 e. The van der Waals surface area contributed by atoms with E-state index in [4.69, 9.17) is 9.47 Å². The summed E-state index contributed by atoms with van der Waals surface area (Å²) in [4.78, 5) is 26.8. The van der Waals surface area contributed by atoms with Gasteiger partial charge >= 0.3 is 0 Å². The van der Waals surface area contributed by atoms with E-state index < -0.39 is 0 Å². The Bertz CT molecular complexity index is 895. The highest BCUT2D eigenvalue weighted by Gasteiger charge is 2.34. The number of thioether (sulfide) groups is 1. The second-order valence-electron chi connectivity index (χ2n) is 6.49. The van der Waals surface area contributed by atoms with Crippen molar-refractivity contribution in [1.82, 2.24) is 4.90 Å². The predicted octanol–water partition coefficient (Wildman–Crippen LogP) is 5.15. The van der Waals surface area contributed by atoms with Crippen molar-refractivity contribution >= 4 is 29.0 Å². The minimum atomic E-state index is -0.246. The van der Waals surface area contributed by atoms with Crippen molar-refractivity contribution in [3.8, 4) is 11.5 Å². The van der Waals surface area contributed by atoms with Crippen LogP contribution in [0, 0.1) is 0 Å². The normalized spacial score (nSPS) is 15.2. The summed E-state index contributed by atoms with van der Waals surface area (Å²) in [6, 6.07) is 15.5. The van der Waals surface area contributed by atoms with Gasteiger partial charge in [0.2, 0.25) is 0 Å². The summed E-state index contributed by atoms with van der Waals surface area (Å²) in [5.41, 5.74) is 1.95. The van der Waals surface area contributed by atoms with Gasteiger partial charge in [-0.2, -0.15) is 0 Å². The molecular weight excluding hydrogens is 386 g/mol. The Morgan fingerprint density at radius 1 is 1.00 bits per heavy atom. The van der Waals surface area contributed by atoms with Crippen LogP contribution in [0.2, 0.25) is 0 Å². The third kappa shape index (κ3) is 5.41. The molecule has 3 rings (SSSR count). The highest BCUT2D eigenvalue weighted by atomic mass is 32.2. The number of hydrogen-bond acceptors (Lipinski definition) is 5. The SMILES string of the molecule is CCOc1ccc(/C=C2/SC(=O)N(CCCc3ccccc3)C2=O)c(OCC)c1. The molecule has 0 N–H and O–H groups in total. The van der Waals surface area contributed by atoms with E-state index in [0.717, 1.165) is 30.2 Å². The van der Waals surface area contributed by atoms with E-state index in [0.29, 0.717) is 36.2 Å². The molecule has 0 bridgehead atoms. The molecule has 0 aromatic heterocycles. The van der Waals surface area contributed by atoms with Gasteiger partial charge in [-0.15, -0.1) is 0 Å². The first-order chi connectivity index (χ1) is 14.1. The zero-order valence-corrected chi connectivity index (χ0v) is 17.5. The van der Waals surface area contributed by atoms with E-state index in [-0.39, 0.29) is 11.1 Å². The van der Waals surface area contributed by atoms with Crippen LogP contribution in [0.4, 0.5) is 4.79 Å². The predicted molar refractivity (Wildman–Crippen MR) is 116 cm³/mol. The largest absolute Gasteiger partial charge is 0.494 e. The molecule has 1 saturated heterocycles. The molecule has 152 valence electrons. The zero-order chi connectivity index (χ0) is 20.6. The molecule has 1 aliphatic rings. The Morgan fingerprint density at radius 3 is 2.48 bits per heavy atom. The average Bonchev–Trinajstić information content (AvgIpc) is 2.98. The molecule has 2 aromatic rings. The maximum absolute atomic E-state index is 12.8. The van der Waals surface area contributed by atoms with Crippen LogP contribution in [-0.4, -0.2) is 35.8 Å². The van der Waals surface area contributed by atoms with E-state index in [2.05, 4.69) is 12.1 Å². The fourth-order valence-corrected chi connectivity index (χ4v) is 3.95. The summed E-state index contributed by atoms with van der Waals surface area (Å²) in [6.07, 6.45) is 3.29. The van der Waals surface area contributed by atoms with Crippen molar-refractivity contribution in [1.29, 1.82) is 0 Å². The molecule has 1 fully saturated rings. The zero-order valence-electron chi connectivity index (χ0n) is 16.7. The summed E-state index contributed by atoms with van der Waals surface area (Å²) in [5.74, 6) is 1.10. The second kappa shape index (κ2) is 10.2. The first kappa shape index (κ1) is 21.0. The summed E-state index contributed by atoms with van der Waals surface area (Å²) in [7, 11) is 0. The molecule has 0 saturated carbocycles. The fourth-order valence-electron chi connectivity index (χ4n) is 3.09. The topological polar surface area (TPSA) is 55.8 Å². The Kier molecular flexibility index (Phi) is 7.36. The number of amides is 2. The van der Waals surface area contributed by atoms with Gasteiger partial charge in [-0.1, -0.05) is 30.3 Å². The highest BCUT2D eigenvalue weighted by molar-refractivity contribution is 8.18. The lowest BCUT2D eigenvalue weighted by Gasteiger charge is -2.12. The monoisotopic (exact) mass is 411 g/mol. The van der Waals surface area contributed by atoms with Gasteiger partial charge in [0, 0.05) is 18.2 Å². The van der Waals surface area contributed by atoms with Gasteiger partial charge in [0.05, 0.1) is 18.1 Å². The number of hydrogen-bond donors (Lipinski definition) is 0. The Balaban J connectivity index is 1.70. The lowest BCUT2D eigenvalue weighted by Crippen LogP contribution is -2.29. The minimum Gasteiger partial charge on any atom is -0.494 e. The van der Waals surface area contributed by atoms with Gasteiger partial charge < -0.3 is 9.47 Å². The van der Waals surface area contributed by atoms with Crippen molar-refractivity contribution in [3.05, 3.63) is 64.6 Å². The van der Waals surface area contributed by atoms with Crippen LogP contribution in [-0.2, 0) is 11.2 Å². The number of ether oxygens (including phenoxy) is 2. The van der Waals surface area contributed by atoms with Crippen LogP contribution >= 0.6 is 11.8 Å². The Hall–Kier alpha value is -2.73. The summed E-state index contributed by atoms with van der Waals surface area (Å²) in [5, 5.41) is -0.224. The fraction of sp³-hybridized carbons (Fsp3) is 0.304. The van der Waals surface area contributed by atoms with Gasteiger partial charge in [0.1, 0.15) is 11.5 Å². The molecule has 0 spiro atoms. The molecule has 0 unspecified atom stereocenters. The molecule has 0 aliphatic carbocycles. The van der Waals surface area contributed by atoms with Crippen molar-refractivity contribution in [2.45, 2.75) is 26.7 Å². The number of carbonyl (C=O) groups is 2. The molecule has 0 radical (unpaired) electrons. The van der Waals surface area contributed by atoms with Crippen molar-refractivity contribution in [3.63, 3.8) is 0 Å². The molecular formula is C23H25NO4S.